The van der Waals surface area contributed by atoms with Crippen molar-refractivity contribution in [2.75, 3.05) is 19.6 Å². The van der Waals surface area contributed by atoms with Crippen LogP contribution in [-0.4, -0.2) is 28.1 Å². The van der Waals surface area contributed by atoms with Crippen molar-refractivity contribution in [1.29, 1.82) is 0 Å². The summed E-state index contributed by atoms with van der Waals surface area (Å²) >= 11 is 9.21. The van der Waals surface area contributed by atoms with Crippen LogP contribution in [0.2, 0.25) is 5.02 Å². The molecule has 7 heteroatoms. The highest BCUT2D eigenvalue weighted by atomic mass is 79.9. The number of halogens is 2. The normalized spacial score (nSPS) is 19.8. The molecule has 1 aliphatic rings. The van der Waals surface area contributed by atoms with Gasteiger partial charge in [-0.15, -0.1) is 0 Å². The highest BCUT2D eigenvalue weighted by Crippen LogP contribution is 2.25. The largest absolute Gasteiger partial charge is 0.316 e. The molecule has 0 aliphatic carbocycles. The molecule has 1 aliphatic heterocycles. The van der Waals surface area contributed by atoms with E-state index >= 15 is 0 Å². The molecule has 4 nitrogen and oxygen atoms in total. The second-order valence-corrected chi connectivity index (χ2v) is 7.68. The van der Waals surface area contributed by atoms with Crippen LogP contribution in [0.1, 0.15) is 12.8 Å². The average molecular weight is 368 g/mol. The van der Waals surface area contributed by atoms with Gasteiger partial charge in [0, 0.05) is 11.0 Å². The first-order valence-corrected chi connectivity index (χ1v) is 8.80. The first-order chi connectivity index (χ1) is 8.99. The van der Waals surface area contributed by atoms with Crippen molar-refractivity contribution in [3.63, 3.8) is 0 Å². The summed E-state index contributed by atoms with van der Waals surface area (Å²) in [6.45, 7) is 2.44. The zero-order valence-electron chi connectivity index (χ0n) is 10.3. The third-order valence-corrected chi connectivity index (χ3v) is 5.63. The van der Waals surface area contributed by atoms with Gasteiger partial charge in [0.1, 0.15) is 4.90 Å². The van der Waals surface area contributed by atoms with Gasteiger partial charge < -0.3 is 5.32 Å². The Morgan fingerprint density at radius 2 is 2.26 bits per heavy atom. The molecule has 2 N–H and O–H groups in total. The van der Waals surface area contributed by atoms with Crippen LogP contribution in [0.25, 0.3) is 0 Å². The summed E-state index contributed by atoms with van der Waals surface area (Å²) in [4.78, 5) is 0.127. The zero-order valence-corrected chi connectivity index (χ0v) is 13.5. The Morgan fingerprint density at radius 3 is 2.89 bits per heavy atom. The summed E-state index contributed by atoms with van der Waals surface area (Å²) in [6, 6.07) is 4.75. The molecule has 1 atom stereocenters. The number of hydrogen-bond donors (Lipinski definition) is 2. The fraction of sp³-hybridized carbons (Fsp3) is 0.500. The molecule has 1 aromatic carbocycles. The molecule has 0 bridgehead atoms. The van der Waals surface area contributed by atoms with Gasteiger partial charge in [0.25, 0.3) is 0 Å². The Morgan fingerprint density at radius 1 is 1.47 bits per heavy atom. The molecule has 1 heterocycles. The van der Waals surface area contributed by atoms with Gasteiger partial charge in [0.05, 0.1) is 5.02 Å². The van der Waals surface area contributed by atoms with Crippen molar-refractivity contribution in [1.82, 2.24) is 10.0 Å². The summed E-state index contributed by atoms with van der Waals surface area (Å²) in [7, 11) is -3.52. The van der Waals surface area contributed by atoms with E-state index in [2.05, 4.69) is 26.0 Å². The molecular weight excluding hydrogens is 352 g/mol. The van der Waals surface area contributed by atoms with Gasteiger partial charge in [0.2, 0.25) is 10.0 Å². The molecule has 1 aromatic rings. The summed E-state index contributed by atoms with van der Waals surface area (Å²) in [5.41, 5.74) is 0. The Balaban J connectivity index is 1.97. The van der Waals surface area contributed by atoms with Gasteiger partial charge in [-0.25, -0.2) is 13.1 Å². The maximum atomic E-state index is 12.1. The van der Waals surface area contributed by atoms with E-state index < -0.39 is 10.0 Å². The van der Waals surface area contributed by atoms with Crippen molar-refractivity contribution in [3.05, 3.63) is 27.7 Å². The number of rotatable bonds is 5. The van der Waals surface area contributed by atoms with Crippen molar-refractivity contribution in [2.45, 2.75) is 17.7 Å². The third-order valence-electron chi connectivity index (χ3n) is 3.19. The van der Waals surface area contributed by atoms with E-state index in [0.29, 0.717) is 12.5 Å². The van der Waals surface area contributed by atoms with Crippen LogP contribution >= 0.6 is 27.5 Å². The second-order valence-electron chi connectivity index (χ2n) is 4.62. The first-order valence-electron chi connectivity index (χ1n) is 6.14. The SMILES string of the molecule is O=S(=O)(NCC[C@@H]1CCNC1)c1ccc(Br)cc1Cl. The highest BCUT2D eigenvalue weighted by Gasteiger charge is 2.19. The molecule has 1 fully saturated rings. The van der Waals surface area contributed by atoms with Crippen LogP contribution in [0.4, 0.5) is 0 Å². The molecule has 0 saturated carbocycles. The van der Waals surface area contributed by atoms with E-state index in [1.807, 2.05) is 0 Å². The molecule has 0 radical (unpaired) electrons. The molecule has 2 rings (SSSR count). The third kappa shape index (κ3) is 4.16. The minimum Gasteiger partial charge on any atom is -0.316 e. The Bertz CT molecular complexity index is 545. The zero-order chi connectivity index (χ0) is 13.9. The number of nitrogens with one attached hydrogen (secondary N) is 2. The summed E-state index contributed by atoms with van der Waals surface area (Å²) in [6.07, 6.45) is 1.96. The number of sulfonamides is 1. The lowest BCUT2D eigenvalue weighted by Gasteiger charge is -2.11. The number of hydrogen-bond acceptors (Lipinski definition) is 3. The van der Waals surface area contributed by atoms with Crippen molar-refractivity contribution in [3.8, 4) is 0 Å². The molecule has 0 spiro atoms. The van der Waals surface area contributed by atoms with Crippen LogP contribution in [0.5, 0.6) is 0 Å². The summed E-state index contributed by atoms with van der Waals surface area (Å²) in [5, 5.41) is 3.49. The minimum absolute atomic E-state index is 0.127. The summed E-state index contributed by atoms with van der Waals surface area (Å²) < 4.78 is 27.6. The second kappa shape index (κ2) is 6.54. The molecular formula is C12H16BrClN2O2S. The van der Waals surface area contributed by atoms with E-state index in [9.17, 15) is 8.42 Å². The quantitative estimate of drug-likeness (QED) is 0.840. The Labute approximate surface area is 127 Å². The molecule has 0 aromatic heterocycles. The van der Waals surface area contributed by atoms with Crippen molar-refractivity contribution in [2.24, 2.45) is 5.92 Å². The average Bonchev–Trinajstić information content (AvgIpc) is 2.81. The predicted molar refractivity (Wildman–Crippen MR) is 79.9 cm³/mol. The Hall–Kier alpha value is -0.140. The van der Waals surface area contributed by atoms with Crippen LogP contribution in [0, 0.1) is 5.92 Å². The summed E-state index contributed by atoms with van der Waals surface area (Å²) in [5.74, 6) is 0.558. The van der Waals surface area contributed by atoms with Crippen LogP contribution in [0.15, 0.2) is 27.6 Å². The fourth-order valence-electron chi connectivity index (χ4n) is 2.13. The van der Waals surface area contributed by atoms with E-state index in [0.717, 1.165) is 30.4 Å². The molecule has 106 valence electrons. The standard InChI is InChI=1S/C12H16BrClN2O2S/c13-10-1-2-12(11(14)7-10)19(17,18)16-6-4-9-3-5-15-8-9/h1-2,7,9,15-16H,3-6,8H2/t9-/m0/s1. The van der Waals surface area contributed by atoms with Gasteiger partial charge in [-0.3, -0.25) is 0 Å². The van der Waals surface area contributed by atoms with Crippen LogP contribution in [0.3, 0.4) is 0 Å². The van der Waals surface area contributed by atoms with E-state index in [1.165, 1.54) is 6.07 Å². The van der Waals surface area contributed by atoms with Gasteiger partial charge in [-0.1, -0.05) is 27.5 Å². The fourth-order valence-corrected chi connectivity index (χ4v) is 4.21. The van der Waals surface area contributed by atoms with Gasteiger partial charge in [0.15, 0.2) is 0 Å². The molecule has 1 saturated heterocycles. The first kappa shape index (κ1) is 15.3. The van der Waals surface area contributed by atoms with Crippen LogP contribution < -0.4 is 10.0 Å². The lowest BCUT2D eigenvalue weighted by molar-refractivity contribution is 0.519. The predicted octanol–water partition coefficient (Wildman–Crippen LogP) is 2.38. The van der Waals surface area contributed by atoms with E-state index in [1.54, 1.807) is 12.1 Å². The minimum atomic E-state index is -3.52. The molecule has 0 amide bonds. The van der Waals surface area contributed by atoms with Crippen LogP contribution in [-0.2, 0) is 10.0 Å². The number of benzene rings is 1. The lowest BCUT2D eigenvalue weighted by Crippen LogP contribution is -2.26. The van der Waals surface area contributed by atoms with Crippen molar-refractivity contribution >= 4 is 37.6 Å². The monoisotopic (exact) mass is 366 g/mol. The van der Waals surface area contributed by atoms with E-state index in [4.69, 9.17) is 11.6 Å². The van der Waals surface area contributed by atoms with E-state index in [-0.39, 0.29) is 9.92 Å². The van der Waals surface area contributed by atoms with Gasteiger partial charge in [-0.05, 0) is 50.0 Å². The van der Waals surface area contributed by atoms with Gasteiger partial charge in [-0.2, -0.15) is 0 Å². The maximum absolute atomic E-state index is 12.1. The van der Waals surface area contributed by atoms with Gasteiger partial charge >= 0.3 is 0 Å². The molecule has 19 heavy (non-hydrogen) atoms. The smallest absolute Gasteiger partial charge is 0.242 e. The molecule has 0 unspecified atom stereocenters. The van der Waals surface area contributed by atoms with Crippen molar-refractivity contribution < 1.29 is 8.42 Å². The highest BCUT2D eigenvalue weighted by molar-refractivity contribution is 9.10. The lowest BCUT2D eigenvalue weighted by atomic mass is 10.1. The topological polar surface area (TPSA) is 58.2 Å². The maximum Gasteiger partial charge on any atom is 0.242 e. The Kier molecular flexibility index (Phi) is 5.25.